The first-order valence-electron chi connectivity index (χ1n) is 8.42. The van der Waals surface area contributed by atoms with Gasteiger partial charge in [0.2, 0.25) is 5.91 Å². The zero-order valence-corrected chi connectivity index (χ0v) is 15.7. The summed E-state index contributed by atoms with van der Waals surface area (Å²) < 4.78 is 13.8. The Labute approximate surface area is 166 Å². The van der Waals surface area contributed by atoms with Crippen LogP contribution in [0.25, 0.3) is 0 Å². The summed E-state index contributed by atoms with van der Waals surface area (Å²) >= 11 is 5.91. The lowest BCUT2D eigenvalue weighted by Gasteiger charge is -2.10. The number of hydrogen-bond acceptors (Lipinski definition) is 3. The van der Waals surface area contributed by atoms with E-state index in [0.29, 0.717) is 11.4 Å². The molecule has 0 heterocycles. The molecule has 3 rings (SSSR count). The van der Waals surface area contributed by atoms with Crippen molar-refractivity contribution in [2.24, 2.45) is 0 Å². The highest BCUT2D eigenvalue weighted by atomic mass is 35.5. The molecule has 0 atom stereocenters. The van der Waals surface area contributed by atoms with Crippen LogP contribution in [0.4, 0.5) is 27.1 Å². The van der Waals surface area contributed by atoms with Crippen LogP contribution in [0.5, 0.6) is 0 Å². The van der Waals surface area contributed by atoms with Crippen molar-refractivity contribution >= 4 is 46.2 Å². The monoisotopic (exact) mass is 397 g/mol. The largest absolute Gasteiger partial charge is 0.356 e. The molecule has 28 heavy (non-hydrogen) atoms. The first-order chi connectivity index (χ1) is 13.4. The Morgan fingerprint density at radius 2 is 1.29 bits per heavy atom. The van der Waals surface area contributed by atoms with Gasteiger partial charge >= 0.3 is 0 Å². The van der Waals surface area contributed by atoms with Gasteiger partial charge in [-0.1, -0.05) is 17.7 Å². The SMILES string of the molecule is CC(=O)Nc1ccc(Nc2ccc(NC(=O)c3c(F)cccc3Cl)cc2)cc1. The van der Waals surface area contributed by atoms with Gasteiger partial charge in [0, 0.05) is 29.7 Å². The molecule has 142 valence electrons. The normalized spacial score (nSPS) is 10.2. The van der Waals surface area contributed by atoms with E-state index in [9.17, 15) is 14.0 Å². The molecule has 0 aliphatic rings. The van der Waals surface area contributed by atoms with Crippen LogP contribution in [0.2, 0.25) is 5.02 Å². The van der Waals surface area contributed by atoms with Gasteiger partial charge < -0.3 is 16.0 Å². The highest BCUT2D eigenvalue weighted by Gasteiger charge is 2.15. The van der Waals surface area contributed by atoms with E-state index in [1.165, 1.54) is 25.1 Å². The van der Waals surface area contributed by atoms with Crippen LogP contribution in [0, 0.1) is 5.82 Å². The Bertz CT molecular complexity index is 985. The molecule has 5 nitrogen and oxygen atoms in total. The molecule has 0 bridgehead atoms. The lowest BCUT2D eigenvalue weighted by Crippen LogP contribution is -2.14. The molecule has 0 fully saturated rings. The van der Waals surface area contributed by atoms with Crippen LogP contribution in [0.1, 0.15) is 17.3 Å². The molecule has 0 aromatic heterocycles. The predicted octanol–water partition coefficient (Wildman–Crippen LogP) is 5.43. The molecular formula is C21H17ClFN3O2. The first kappa shape index (κ1) is 19.4. The highest BCUT2D eigenvalue weighted by Crippen LogP contribution is 2.23. The molecule has 3 aromatic carbocycles. The number of anilines is 4. The van der Waals surface area contributed by atoms with Gasteiger partial charge in [-0.25, -0.2) is 4.39 Å². The number of benzene rings is 3. The maximum absolute atomic E-state index is 13.8. The van der Waals surface area contributed by atoms with Crippen molar-refractivity contribution < 1.29 is 14.0 Å². The van der Waals surface area contributed by atoms with Gasteiger partial charge in [-0.3, -0.25) is 9.59 Å². The Hall–Kier alpha value is -3.38. The fourth-order valence-corrected chi connectivity index (χ4v) is 2.80. The van der Waals surface area contributed by atoms with Crippen molar-refractivity contribution in [2.75, 3.05) is 16.0 Å². The molecule has 0 saturated carbocycles. The molecular weight excluding hydrogens is 381 g/mol. The van der Waals surface area contributed by atoms with E-state index in [-0.39, 0.29) is 16.5 Å². The number of halogens is 2. The average Bonchev–Trinajstić information content (AvgIpc) is 2.64. The second kappa shape index (κ2) is 8.54. The van der Waals surface area contributed by atoms with E-state index in [1.54, 1.807) is 36.4 Å². The van der Waals surface area contributed by atoms with Crippen molar-refractivity contribution in [3.05, 3.63) is 83.1 Å². The minimum absolute atomic E-state index is 0.0542. The highest BCUT2D eigenvalue weighted by molar-refractivity contribution is 6.34. The number of amides is 2. The van der Waals surface area contributed by atoms with E-state index in [0.717, 1.165) is 11.4 Å². The zero-order chi connectivity index (χ0) is 20.1. The molecule has 7 heteroatoms. The maximum Gasteiger partial charge on any atom is 0.260 e. The maximum atomic E-state index is 13.8. The van der Waals surface area contributed by atoms with Crippen LogP contribution in [-0.2, 0) is 4.79 Å². The molecule has 0 radical (unpaired) electrons. The second-order valence-electron chi connectivity index (χ2n) is 6.01. The lowest BCUT2D eigenvalue weighted by molar-refractivity contribution is -0.114. The quantitative estimate of drug-likeness (QED) is 0.537. The minimum Gasteiger partial charge on any atom is -0.356 e. The summed E-state index contributed by atoms with van der Waals surface area (Å²) in [6.07, 6.45) is 0. The zero-order valence-electron chi connectivity index (χ0n) is 14.9. The van der Waals surface area contributed by atoms with E-state index in [2.05, 4.69) is 16.0 Å². The van der Waals surface area contributed by atoms with Gasteiger partial charge in [-0.05, 0) is 60.7 Å². The summed E-state index contributed by atoms with van der Waals surface area (Å²) in [7, 11) is 0. The molecule has 0 saturated heterocycles. The third kappa shape index (κ3) is 4.86. The smallest absolute Gasteiger partial charge is 0.260 e. The molecule has 3 N–H and O–H groups in total. The fourth-order valence-electron chi connectivity index (χ4n) is 2.55. The topological polar surface area (TPSA) is 70.2 Å². The third-order valence-corrected chi connectivity index (χ3v) is 4.14. The molecule has 0 spiro atoms. The third-order valence-electron chi connectivity index (χ3n) is 3.83. The van der Waals surface area contributed by atoms with Gasteiger partial charge in [-0.15, -0.1) is 0 Å². The van der Waals surface area contributed by atoms with Gasteiger partial charge in [0.15, 0.2) is 0 Å². The predicted molar refractivity (Wildman–Crippen MR) is 110 cm³/mol. The Morgan fingerprint density at radius 3 is 1.79 bits per heavy atom. The molecule has 3 aromatic rings. The second-order valence-corrected chi connectivity index (χ2v) is 6.42. The Kier molecular flexibility index (Phi) is 5.91. The number of carbonyl (C=O) groups is 2. The average molecular weight is 398 g/mol. The van der Waals surface area contributed by atoms with Gasteiger partial charge in [0.1, 0.15) is 5.82 Å². The van der Waals surface area contributed by atoms with Crippen molar-refractivity contribution in [2.45, 2.75) is 6.92 Å². The lowest BCUT2D eigenvalue weighted by atomic mass is 10.2. The molecule has 0 unspecified atom stereocenters. The van der Waals surface area contributed by atoms with Crippen LogP contribution in [0.3, 0.4) is 0 Å². The van der Waals surface area contributed by atoms with Gasteiger partial charge in [-0.2, -0.15) is 0 Å². The summed E-state index contributed by atoms with van der Waals surface area (Å²) in [5.41, 5.74) is 2.67. The fraction of sp³-hybridized carbons (Fsp3) is 0.0476. The van der Waals surface area contributed by atoms with E-state index in [1.807, 2.05) is 12.1 Å². The first-order valence-corrected chi connectivity index (χ1v) is 8.80. The number of hydrogen-bond donors (Lipinski definition) is 3. The summed E-state index contributed by atoms with van der Waals surface area (Å²) in [4.78, 5) is 23.3. The summed E-state index contributed by atoms with van der Waals surface area (Å²) in [5, 5.41) is 8.59. The van der Waals surface area contributed by atoms with Crippen LogP contribution >= 0.6 is 11.6 Å². The van der Waals surface area contributed by atoms with Crippen LogP contribution in [0.15, 0.2) is 66.7 Å². The number of rotatable bonds is 5. The summed E-state index contributed by atoms with van der Waals surface area (Å²) in [6.45, 7) is 1.45. The van der Waals surface area contributed by atoms with Crippen molar-refractivity contribution in [1.29, 1.82) is 0 Å². The minimum atomic E-state index is -0.675. The Morgan fingerprint density at radius 1 is 0.786 bits per heavy atom. The standard InChI is InChI=1S/C21H17ClFN3O2/c1-13(27)24-14-5-7-15(8-6-14)25-16-9-11-17(12-10-16)26-21(28)20-18(22)3-2-4-19(20)23/h2-12,25H,1H3,(H,24,27)(H,26,28). The Balaban J connectivity index is 1.65. The van der Waals surface area contributed by atoms with E-state index in [4.69, 9.17) is 11.6 Å². The van der Waals surface area contributed by atoms with E-state index >= 15 is 0 Å². The van der Waals surface area contributed by atoms with Crippen molar-refractivity contribution in [3.63, 3.8) is 0 Å². The van der Waals surface area contributed by atoms with E-state index < -0.39 is 11.7 Å². The number of nitrogens with one attached hydrogen (secondary N) is 3. The molecule has 2 amide bonds. The molecule has 0 aliphatic carbocycles. The summed E-state index contributed by atoms with van der Waals surface area (Å²) in [6, 6.07) is 18.3. The summed E-state index contributed by atoms with van der Waals surface area (Å²) in [5.74, 6) is -1.42. The van der Waals surface area contributed by atoms with Gasteiger partial charge in [0.25, 0.3) is 5.91 Å². The number of carbonyl (C=O) groups excluding carboxylic acids is 2. The van der Waals surface area contributed by atoms with Gasteiger partial charge in [0.05, 0.1) is 10.6 Å². The van der Waals surface area contributed by atoms with Crippen LogP contribution < -0.4 is 16.0 Å². The molecule has 0 aliphatic heterocycles. The van der Waals surface area contributed by atoms with Crippen LogP contribution in [-0.4, -0.2) is 11.8 Å². The van der Waals surface area contributed by atoms with Crippen molar-refractivity contribution in [3.8, 4) is 0 Å². The van der Waals surface area contributed by atoms with Crippen molar-refractivity contribution in [1.82, 2.24) is 0 Å².